The van der Waals surface area contributed by atoms with Gasteiger partial charge in [0.15, 0.2) is 0 Å². The maximum atomic E-state index is 12.9. The number of nitrogens with one attached hydrogen (secondary N) is 1. The topological polar surface area (TPSA) is 49.4 Å². The summed E-state index contributed by atoms with van der Waals surface area (Å²) in [6.45, 7) is 3.90. The van der Waals surface area contributed by atoms with Gasteiger partial charge in [0.05, 0.1) is 0 Å². The molecule has 110 valence electrons. The lowest BCUT2D eigenvalue weighted by atomic mass is 10.1. The normalized spacial score (nSPS) is 11.8. The number of halogens is 1. The van der Waals surface area contributed by atoms with Crippen LogP contribution in [0.15, 0.2) is 24.3 Å². The number of rotatable bonds is 6. The maximum absolute atomic E-state index is 12.9. The summed E-state index contributed by atoms with van der Waals surface area (Å²) in [4.78, 5) is 25.4. The minimum atomic E-state index is -0.552. The molecular formula is C15H21FN2O2. The molecule has 1 aromatic carbocycles. The van der Waals surface area contributed by atoms with Crippen LogP contribution in [0.4, 0.5) is 4.39 Å². The Bertz CT molecular complexity index is 459. The lowest BCUT2D eigenvalue weighted by Crippen LogP contribution is -2.46. The molecule has 0 saturated carbocycles. The highest BCUT2D eigenvalue weighted by atomic mass is 19.1. The van der Waals surface area contributed by atoms with E-state index in [4.69, 9.17) is 0 Å². The molecule has 0 radical (unpaired) electrons. The molecule has 0 unspecified atom stereocenters. The third-order valence-corrected chi connectivity index (χ3v) is 3.14. The largest absolute Gasteiger partial charge is 0.357 e. The molecule has 20 heavy (non-hydrogen) atoms. The fourth-order valence-electron chi connectivity index (χ4n) is 1.94. The zero-order valence-corrected chi connectivity index (χ0v) is 12.1. The molecule has 0 fully saturated rings. The van der Waals surface area contributed by atoms with Gasteiger partial charge in [-0.1, -0.05) is 19.1 Å². The highest BCUT2D eigenvalue weighted by molar-refractivity contribution is 5.87. The summed E-state index contributed by atoms with van der Waals surface area (Å²) in [7, 11) is 1.54. The van der Waals surface area contributed by atoms with Crippen molar-refractivity contribution < 1.29 is 14.0 Å². The molecular weight excluding hydrogens is 259 g/mol. The molecule has 0 aromatic heterocycles. The molecule has 0 heterocycles. The van der Waals surface area contributed by atoms with Crippen LogP contribution >= 0.6 is 0 Å². The van der Waals surface area contributed by atoms with E-state index in [9.17, 15) is 14.0 Å². The monoisotopic (exact) mass is 280 g/mol. The minimum Gasteiger partial charge on any atom is -0.357 e. The Labute approximate surface area is 119 Å². The van der Waals surface area contributed by atoms with Gasteiger partial charge in [-0.15, -0.1) is 0 Å². The Morgan fingerprint density at radius 3 is 2.40 bits per heavy atom. The van der Waals surface area contributed by atoms with Crippen LogP contribution in [0.5, 0.6) is 0 Å². The Morgan fingerprint density at radius 1 is 1.30 bits per heavy atom. The lowest BCUT2D eigenvalue weighted by Gasteiger charge is -2.28. The van der Waals surface area contributed by atoms with E-state index in [1.807, 2.05) is 6.92 Å². The smallest absolute Gasteiger partial charge is 0.242 e. The molecule has 1 rings (SSSR count). The number of likely N-dealkylation sites (N-methyl/N-ethyl adjacent to an activating group) is 1. The first-order chi connectivity index (χ1) is 9.49. The van der Waals surface area contributed by atoms with Crippen molar-refractivity contribution in [2.75, 3.05) is 7.05 Å². The Morgan fingerprint density at radius 2 is 1.90 bits per heavy atom. The van der Waals surface area contributed by atoms with E-state index in [1.54, 1.807) is 26.1 Å². The van der Waals surface area contributed by atoms with E-state index >= 15 is 0 Å². The average Bonchev–Trinajstić information content (AvgIpc) is 2.45. The average molecular weight is 280 g/mol. The van der Waals surface area contributed by atoms with Crippen molar-refractivity contribution in [3.05, 3.63) is 35.6 Å². The third-order valence-electron chi connectivity index (χ3n) is 3.14. The van der Waals surface area contributed by atoms with E-state index in [0.29, 0.717) is 13.0 Å². The first kappa shape index (κ1) is 16.1. The summed E-state index contributed by atoms with van der Waals surface area (Å²) >= 11 is 0. The number of amides is 2. The van der Waals surface area contributed by atoms with Crippen LogP contribution in [0.2, 0.25) is 0 Å². The molecule has 0 aliphatic carbocycles. The summed E-state index contributed by atoms with van der Waals surface area (Å²) in [6.07, 6.45) is 1.11. The lowest BCUT2D eigenvalue weighted by molar-refractivity contribution is -0.140. The van der Waals surface area contributed by atoms with Crippen molar-refractivity contribution in [3.8, 4) is 0 Å². The highest BCUT2D eigenvalue weighted by Gasteiger charge is 2.24. The summed E-state index contributed by atoms with van der Waals surface area (Å²) < 4.78 is 12.9. The molecule has 1 N–H and O–H groups in total. The Hall–Kier alpha value is -1.91. The van der Waals surface area contributed by atoms with Gasteiger partial charge in [0.2, 0.25) is 11.8 Å². The molecule has 2 amide bonds. The molecule has 1 aromatic rings. The van der Waals surface area contributed by atoms with Crippen LogP contribution in [0, 0.1) is 5.82 Å². The van der Waals surface area contributed by atoms with Crippen LogP contribution in [0.1, 0.15) is 32.3 Å². The molecule has 0 saturated heterocycles. The molecule has 5 heteroatoms. The fraction of sp³-hybridized carbons (Fsp3) is 0.467. The van der Waals surface area contributed by atoms with Crippen molar-refractivity contribution in [3.63, 3.8) is 0 Å². The van der Waals surface area contributed by atoms with Crippen molar-refractivity contribution >= 4 is 11.8 Å². The summed E-state index contributed by atoms with van der Waals surface area (Å²) in [5.41, 5.74) is 0.798. The molecule has 4 nitrogen and oxygen atoms in total. The van der Waals surface area contributed by atoms with Gasteiger partial charge in [-0.2, -0.15) is 0 Å². The standard InChI is InChI=1S/C15H21FN2O2/c1-4-5-14(19)18(11(2)15(20)17-3)10-12-6-8-13(16)9-7-12/h6-9,11H,4-5,10H2,1-3H3,(H,17,20)/t11-/m1/s1. The first-order valence-electron chi connectivity index (χ1n) is 6.75. The van der Waals surface area contributed by atoms with E-state index in [0.717, 1.165) is 12.0 Å². The summed E-state index contributed by atoms with van der Waals surface area (Å²) in [6, 6.07) is 5.39. The van der Waals surface area contributed by atoms with Crippen LogP contribution < -0.4 is 5.32 Å². The number of benzene rings is 1. The maximum Gasteiger partial charge on any atom is 0.242 e. The molecule has 0 aliphatic heterocycles. The number of hydrogen-bond donors (Lipinski definition) is 1. The predicted octanol–water partition coefficient (Wildman–Crippen LogP) is 2.09. The van der Waals surface area contributed by atoms with Crippen molar-refractivity contribution in [1.82, 2.24) is 10.2 Å². The van der Waals surface area contributed by atoms with Gasteiger partial charge in [-0.25, -0.2) is 4.39 Å². The number of carbonyl (C=O) groups is 2. The van der Waals surface area contributed by atoms with Gasteiger partial charge in [-0.3, -0.25) is 9.59 Å². The Balaban J connectivity index is 2.89. The van der Waals surface area contributed by atoms with Crippen molar-refractivity contribution in [2.24, 2.45) is 0 Å². The van der Waals surface area contributed by atoms with Crippen LogP contribution in [-0.2, 0) is 16.1 Å². The van der Waals surface area contributed by atoms with Gasteiger partial charge in [0.25, 0.3) is 0 Å². The molecule has 0 spiro atoms. The fourth-order valence-corrected chi connectivity index (χ4v) is 1.94. The number of nitrogens with zero attached hydrogens (tertiary/aromatic N) is 1. The highest BCUT2D eigenvalue weighted by Crippen LogP contribution is 2.12. The second-order valence-electron chi connectivity index (χ2n) is 4.69. The van der Waals surface area contributed by atoms with Gasteiger partial charge in [0.1, 0.15) is 11.9 Å². The zero-order chi connectivity index (χ0) is 15.1. The molecule has 0 aliphatic rings. The van der Waals surface area contributed by atoms with Crippen LogP contribution in [0.3, 0.4) is 0 Å². The van der Waals surface area contributed by atoms with E-state index in [-0.39, 0.29) is 17.6 Å². The van der Waals surface area contributed by atoms with Crippen molar-refractivity contribution in [1.29, 1.82) is 0 Å². The second-order valence-corrected chi connectivity index (χ2v) is 4.69. The molecule has 0 bridgehead atoms. The minimum absolute atomic E-state index is 0.0760. The molecule has 1 atom stereocenters. The summed E-state index contributed by atoms with van der Waals surface area (Å²) in [5.74, 6) is -0.607. The van der Waals surface area contributed by atoms with Gasteiger partial charge in [0, 0.05) is 20.0 Å². The van der Waals surface area contributed by atoms with Crippen LogP contribution in [-0.4, -0.2) is 29.8 Å². The Kier molecular flexibility index (Phi) is 6.15. The number of hydrogen-bond acceptors (Lipinski definition) is 2. The van der Waals surface area contributed by atoms with Gasteiger partial charge < -0.3 is 10.2 Å². The predicted molar refractivity (Wildman–Crippen MR) is 75.4 cm³/mol. The van der Waals surface area contributed by atoms with E-state index in [2.05, 4.69) is 5.32 Å². The van der Waals surface area contributed by atoms with Crippen molar-refractivity contribution in [2.45, 2.75) is 39.3 Å². The first-order valence-corrected chi connectivity index (χ1v) is 6.75. The van der Waals surface area contributed by atoms with Crippen LogP contribution in [0.25, 0.3) is 0 Å². The van der Waals surface area contributed by atoms with E-state index in [1.165, 1.54) is 17.0 Å². The van der Waals surface area contributed by atoms with Gasteiger partial charge in [-0.05, 0) is 31.0 Å². The SMILES string of the molecule is CCCC(=O)N(Cc1ccc(F)cc1)[C@H](C)C(=O)NC. The third kappa shape index (κ3) is 4.33. The number of carbonyl (C=O) groups excluding carboxylic acids is 2. The summed E-state index contributed by atoms with van der Waals surface area (Å²) in [5, 5.41) is 2.54. The zero-order valence-electron chi connectivity index (χ0n) is 12.1. The van der Waals surface area contributed by atoms with Gasteiger partial charge >= 0.3 is 0 Å². The second kappa shape index (κ2) is 7.62. The van der Waals surface area contributed by atoms with E-state index < -0.39 is 6.04 Å². The quantitative estimate of drug-likeness (QED) is 0.867.